The largest absolute Gasteiger partial charge is 0.493 e. The van der Waals surface area contributed by atoms with E-state index in [1.54, 1.807) is 7.11 Å². The van der Waals surface area contributed by atoms with Gasteiger partial charge in [-0.25, -0.2) is 0 Å². The molecule has 1 aromatic carbocycles. The molecule has 1 aromatic rings. The topological polar surface area (TPSA) is 39.7 Å². The average Bonchev–Trinajstić information content (AvgIpc) is 2.98. The van der Waals surface area contributed by atoms with Gasteiger partial charge in [0.2, 0.25) is 0 Å². The number of hydrogen-bond donors (Lipinski definition) is 1. The molecule has 1 unspecified atom stereocenters. The van der Waals surface area contributed by atoms with Gasteiger partial charge in [0.15, 0.2) is 11.5 Å². The maximum Gasteiger partial charge on any atom is 0.165 e. The van der Waals surface area contributed by atoms with Gasteiger partial charge in [-0.05, 0) is 24.8 Å². The number of benzene rings is 1. The fourth-order valence-electron chi connectivity index (χ4n) is 2.45. The number of ether oxygens (including phenoxy) is 3. The first-order chi connectivity index (χ1) is 10.2. The van der Waals surface area contributed by atoms with E-state index >= 15 is 0 Å². The highest BCUT2D eigenvalue weighted by molar-refractivity contribution is 5.46. The van der Waals surface area contributed by atoms with E-state index < -0.39 is 0 Å². The molecule has 0 aliphatic carbocycles. The summed E-state index contributed by atoms with van der Waals surface area (Å²) in [6.45, 7) is 7.54. The molecule has 1 N–H and O–H groups in total. The summed E-state index contributed by atoms with van der Waals surface area (Å²) in [4.78, 5) is 0. The van der Waals surface area contributed by atoms with Crippen molar-refractivity contribution in [3.05, 3.63) is 23.8 Å². The van der Waals surface area contributed by atoms with Crippen LogP contribution >= 0.6 is 0 Å². The molecule has 4 heteroatoms. The summed E-state index contributed by atoms with van der Waals surface area (Å²) in [7, 11) is 1.68. The molecule has 1 saturated heterocycles. The molecule has 0 saturated carbocycles. The Hall–Kier alpha value is -1.26. The third-order valence-corrected chi connectivity index (χ3v) is 3.55. The lowest BCUT2D eigenvalue weighted by molar-refractivity contribution is 0.110. The Balaban J connectivity index is 1.95. The zero-order valence-electron chi connectivity index (χ0n) is 13.4. The maximum atomic E-state index is 5.95. The summed E-state index contributed by atoms with van der Waals surface area (Å²) in [6.07, 6.45) is 2.69. The highest BCUT2D eigenvalue weighted by atomic mass is 16.5. The van der Waals surface area contributed by atoms with Crippen LogP contribution in [-0.2, 0) is 11.3 Å². The lowest BCUT2D eigenvalue weighted by Gasteiger charge is -2.17. The summed E-state index contributed by atoms with van der Waals surface area (Å²) < 4.78 is 17.0. The van der Waals surface area contributed by atoms with E-state index in [1.165, 1.54) is 6.42 Å². The first-order valence-corrected chi connectivity index (χ1v) is 7.81. The van der Waals surface area contributed by atoms with Gasteiger partial charge in [-0.3, -0.25) is 0 Å². The van der Waals surface area contributed by atoms with Gasteiger partial charge in [-0.15, -0.1) is 0 Å². The fourth-order valence-corrected chi connectivity index (χ4v) is 2.45. The van der Waals surface area contributed by atoms with Crippen LogP contribution in [0.1, 0.15) is 32.3 Å². The van der Waals surface area contributed by atoms with Crippen LogP contribution in [0.2, 0.25) is 0 Å². The average molecular weight is 293 g/mol. The van der Waals surface area contributed by atoms with Crippen LogP contribution < -0.4 is 14.8 Å². The van der Waals surface area contributed by atoms with E-state index in [4.69, 9.17) is 14.2 Å². The van der Waals surface area contributed by atoms with Crippen molar-refractivity contribution in [3.8, 4) is 11.5 Å². The van der Waals surface area contributed by atoms with Gasteiger partial charge in [-0.2, -0.15) is 0 Å². The minimum Gasteiger partial charge on any atom is -0.493 e. The number of methoxy groups -OCH3 is 1. The molecule has 4 nitrogen and oxygen atoms in total. The Kier molecular flexibility index (Phi) is 6.33. The SMILES string of the molecule is COc1cccc(CNCC2CCCO2)c1OCC(C)C. The molecule has 1 heterocycles. The number of para-hydroxylation sites is 1. The van der Waals surface area contributed by atoms with Crippen molar-refractivity contribution in [2.45, 2.75) is 39.3 Å². The van der Waals surface area contributed by atoms with Crippen molar-refractivity contribution in [2.24, 2.45) is 5.92 Å². The van der Waals surface area contributed by atoms with Crippen LogP contribution in [-0.4, -0.2) is 33.0 Å². The van der Waals surface area contributed by atoms with E-state index in [0.717, 1.165) is 43.2 Å². The second-order valence-corrected chi connectivity index (χ2v) is 5.92. The molecule has 0 amide bonds. The molecule has 21 heavy (non-hydrogen) atoms. The molecule has 118 valence electrons. The van der Waals surface area contributed by atoms with Gasteiger partial charge in [-0.1, -0.05) is 26.0 Å². The van der Waals surface area contributed by atoms with Crippen LogP contribution in [0.15, 0.2) is 18.2 Å². The van der Waals surface area contributed by atoms with Crippen molar-refractivity contribution in [1.29, 1.82) is 0 Å². The van der Waals surface area contributed by atoms with Crippen LogP contribution in [0.25, 0.3) is 0 Å². The normalized spacial score (nSPS) is 18.2. The fraction of sp³-hybridized carbons (Fsp3) is 0.647. The lowest BCUT2D eigenvalue weighted by Crippen LogP contribution is -2.26. The molecular weight excluding hydrogens is 266 g/mol. The molecular formula is C17H27NO3. The van der Waals surface area contributed by atoms with E-state index in [-0.39, 0.29) is 0 Å². The van der Waals surface area contributed by atoms with Gasteiger partial charge in [0.05, 0.1) is 19.8 Å². The lowest BCUT2D eigenvalue weighted by atomic mass is 10.1. The van der Waals surface area contributed by atoms with Crippen LogP contribution in [0.3, 0.4) is 0 Å². The molecule has 1 aliphatic heterocycles. The molecule has 0 spiro atoms. The van der Waals surface area contributed by atoms with Gasteiger partial charge in [0, 0.05) is 25.3 Å². The Bertz CT molecular complexity index is 428. The van der Waals surface area contributed by atoms with Gasteiger partial charge < -0.3 is 19.5 Å². The number of rotatable bonds is 8. The molecule has 1 fully saturated rings. The number of hydrogen-bond acceptors (Lipinski definition) is 4. The molecule has 0 bridgehead atoms. The Morgan fingerprint density at radius 3 is 2.90 bits per heavy atom. The monoisotopic (exact) mass is 293 g/mol. The van der Waals surface area contributed by atoms with Crippen LogP contribution in [0, 0.1) is 5.92 Å². The first kappa shape index (κ1) is 16.1. The van der Waals surface area contributed by atoms with Crippen LogP contribution in [0.4, 0.5) is 0 Å². The predicted molar refractivity (Wildman–Crippen MR) is 84.0 cm³/mol. The predicted octanol–water partition coefficient (Wildman–Crippen LogP) is 3.00. The minimum absolute atomic E-state index is 0.357. The van der Waals surface area contributed by atoms with E-state index in [0.29, 0.717) is 18.6 Å². The number of nitrogens with one attached hydrogen (secondary N) is 1. The zero-order valence-corrected chi connectivity index (χ0v) is 13.4. The van der Waals surface area contributed by atoms with E-state index in [9.17, 15) is 0 Å². The first-order valence-electron chi connectivity index (χ1n) is 7.81. The smallest absolute Gasteiger partial charge is 0.165 e. The minimum atomic E-state index is 0.357. The summed E-state index contributed by atoms with van der Waals surface area (Å²) in [5.74, 6) is 2.14. The van der Waals surface area contributed by atoms with E-state index in [1.807, 2.05) is 12.1 Å². The molecule has 0 radical (unpaired) electrons. The van der Waals surface area contributed by atoms with Crippen molar-refractivity contribution >= 4 is 0 Å². The molecule has 1 atom stereocenters. The highest BCUT2D eigenvalue weighted by Gasteiger charge is 2.16. The molecule has 0 aromatic heterocycles. The van der Waals surface area contributed by atoms with Crippen LogP contribution in [0.5, 0.6) is 11.5 Å². The highest BCUT2D eigenvalue weighted by Crippen LogP contribution is 2.31. The van der Waals surface area contributed by atoms with Crippen molar-refractivity contribution < 1.29 is 14.2 Å². The summed E-state index contributed by atoms with van der Waals surface area (Å²) in [5, 5.41) is 3.46. The van der Waals surface area contributed by atoms with E-state index in [2.05, 4.69) is 25.2 Å². The van der Waals surface area contributed by atoms with Crippen molar-refractivity contribution in [2.75, 3.05) is 26.9 Å². The summed E-state index contributed by atoms with van der Waals surface area (Å²) in [5.41, 5.74) is 1.13. The Morgan fingerprint density at radius 2 is 2.24 bits per heavy atom. The van der Waals surface area contributed by atoms with Gasteiger partial charge >= 0.3 is 0 Å². The van der Waals surface area contributed by atoms with Crippen molar-refractivity contribution in [1.82, 2.24) is 5.32 Å². The summed E-state index contributed by atoms with van der Waals surface area (Å²) >= 11 is 0. The third kappa shape index (κ3) is 4.90. The summed E-state index contributed by atoms with van der Waals surface area (Å²) in [6, 6.07) is 6.03. The standard InChI is InChI=1S/C17H27NO3/c1-13(2)12-21-17-14(6-4-8-16(17)19-3)10-18-11-15-7-5-9-20-15/h4,6,8,13,15,18H,5,7,9-12H2,1-3H3. The molecule has 1 aliphatic rings. The van der Waals surface area contributed by atoms with Gasteiger partial charge in [0.1, 0.15) is 0 Å². The Labute approximate surface area is 127 Å². The zero-order chi connectivity index (χ0) is 15.1. The second kappa shape index (κ2) is 8.25. The quantitative estimate of drug-likeness (QED) is 0.800. The second-order valence-electron chi connectivity index (χ2n) is 5.92. The maximum absolute atomic E-state index is 5.95. The van der Waals surface area contributed by atoms with Gasteiger partial charge in [0.25, 0.3) is 0 Å². The third-order valence-electron chi connectivity index (χ3n) is 3.55. The van der Waals surface area contributed by atoms with Crippen molar-refractivity contribution in [3.63, 3.8) is 0 Å². The molecule has 2 rings (SSSR count). The Morgan fingerprint density at radius 1 is 1.38 bits per heavy atom.